The Kier molecular flexibility index (Phi) is 6.45. The van der Waals surface area contributed by atoms with E-state index in [9.17, 15) is 18.0 Å². The third-order valence-corrected chi connectivity index (χ3v) is 3.40. The van der Waals surface area contributed by atoms with Gasteiger partial charge in [0.25, 0.3) is 5.91 Å². The van der Waals surface area contributed by atoms with Gasteiger partial charge in [-0.1, -0.05) is 11.6 Å². The quantitative estimate of drug-likeness (QED) is 0.547. The van der Waals surface area contributed by atoms with Gasteiger partial charge in [-0.25, -0.2) is 4.98 Å². The number of benzene rings is 1. The molecule has 1 amide bonds. The van der Waals surface area contributed by atoms with Gasteiger partial charge in [-0.3, -0.25) is 10.2 Å². The van der Waals surface area contributed by atoms with Gasteiger partial charge in [-0.05, 0) is 29.8 Å². The molecular weight excluding hydrogens is 389 g/mol. The van der Waals surface area contributed by atoms with Crippen LogP contribution in [0.5, 0.6) is 11.5 Å². The first-order valence-corrected chi connectivity index (χ1v) is 7.69. The molecule has 0 fully saturated rings. The highest BCUT2D eigenvalue weighted by Gasteiger charge is 2.31. The second kappa shape index (κ2) is 8.58. The second-order valence-electron chi connectivity index (χ2n) is 5.09. The number of ether oxygens (including phenoxy) is 2. The Morgan fingerprint density at radius 2 is 2.11 bits per heavy atom. The van der Waals surface area contributed by atoms with Gasteiger partial charge < -0.3 is 15.2 Å². The molecule has 1 aromatic carbocycles. The topological polar surface area (TPSA) is 98.8 Å². The van der Waals surface area contributed by atoms with Gasteiger partial charge in [-0.15, -0.1) is 0 Å². The molecule has 0 bridgehead atoms. The maximum atomic E-state index is 12.6. The predicted octanol–water partition coefficient (Wildman–Crippen LogP) is 3.07. The summed E-state index contributed by atoms with van der Waals surface area (Å²) in [4.78, 5) is 14.4. The molecule has 0 spiro atoms. The summed E-state index contributed by atoms with van der Waals surface area (Å²) < 4.78 is 48.1. The summed E-state index contributed by atoms with van der Waals surface area (Å²) in [6, 6.07) is 5.49. The van der Waals surface area contributed by atoms with Crippen LogP contribution in [0, 0.1) is 0 Å². The van der Waals surface area contributed by atoms with Crippen molar-refractivity contribution in [2.24, 2.45) is 10.8 Å². The van der Waals surface area contributed by atoms with Crippen LogP contribution in [0.25, 0.3) is 0 Å². The molecule has 3 N–H and O–H groups in total. The van der Waals surface area contributed by atoms with Crippen molar-refractivity contribution >= 4 is 29.5 Å². The predicted molar refractivity (Wildman–Crippen MR) is 93.1 cm³/mol. The van der Waals surface area contributed by atoms with Crippen molar-refractivity contribution in [2.75, 3.05) is 19.1 Å². The fraction of sp³-hybridized carbons (Fsp3) is 0.188. The minimum absolute atomic E-state index is 0.0331. The molecule has 11 heteroatoms. The Labute approximate surface area is 156 Å². The van der Waals surface area contributed by atoms with Gasteiger partial charge in [0.15, 0.2) is 23.9 Å². The van der Waals surface area contributed by atoms with Crippen molar-refractivity contribution < 1.29 is 27.4 Å². The summed E-state index contributed by atoms with van der Waals surface area (Å²) in [6.07, 6.45) is -2.51. The van der Waals surface area contributed by atoms with E-state index < -0.39 is 17.6 Å². The van der Waals surface area contributed by atoms with E-state index in [-0.39, 0.29) is 17.4 Å². The highest BCUT2D eigenvalue weighted by molar-refractivity contribution is 6.32. The normalized spacial score (nSPS) is 11.4. The monoisotopic (exact) mass is 402 g/mol. The number of hydrazone groups is 1. The number of halogens is 4. The highest BCUT2D eigenvalue weighted by atomic mass is 35.5. The van der Waals surface area contributed by atoms with Crippen LogP contribution in [0.2, 0.25) is 5.02 Å². The number of aromatic nitrogens is 1. The van der Waals surface area contributed by atoms with E-state index in [1.807, 2.05) is 0 Å². The molecule has 0 atom stereocenters. The van der Waals surface area contributed by atoms with Gasteiger partial charge in [0.1, 0.15) is 0 Å². The van der Waals surface area contributed by atoms with E-state index in [1.54, 1.807) is 18.2 Å². The molecule has 144 valence electrons. The molecule has 0 unspecified atom stereocenters. The number of primary amides is 1. The zero-order valence-electron chi connectivity index (χ0n) is 13.9. The third kappa shape index (κ3) is 5.74. The van der Waals surface area contributed by atoms with E-state index in [0.717, 1.165) is 6.07 Å². The lowest BCUT2D eigenvalue weighted by Gasteiger charge is -2.10. The standard InChI is InChI=1S/C16H14ClF3N4O3/c1-26-13-4-9(2-3-12(13)27-8-14(21)25)6-23-24-15-11(17)5-10(7-22-15)16(18,19)20/h2-7H,8H2,1H3,(H2,21,25)(H,22,24)/b23-6-. The van der Waals surface area contributed by atoms with Crippen LogP contribution in [0.4, 0.5) is 19.0 Å². The van der Waals surface area contributed by atoms with Crippen molar-refractivity contribution in [3.63, 3.8) is 0 Å². The van der Waals surface area contributed by atoms with E-state index in [0.29, 0.717) is 23.3 Å². The number of hydrogen-bond acceptors (Lipinski definition) is 6. The highest BCUT2D eigenvalue weighted by Crippen LogP contribution is 2.32. The number of rotatable bonds is 7. The van der Waals surface area contributed by atoms with E-state index in [1.165, 1.54) is 13.3 Å². The number of hydrogen-bond donors (Lipinski definition) is 2. The number of amides is 1. The molecule has 0 saturated carbocycles. The first-order valence-electron chi connectivity index (χ1n) is 7.31. The van der Waals surface area contributed by atoms with Crippen molar-refractivity contribution in [3.05, 3.63) is 46.6 Å². The molecule has 0 aliphatic rings. The molecule has 0 aliphatic heterocycles. The Hall–Kier alpha value is -3.01. The molecule has 0 aliphatic carbocycles. The minimum atomic E-state index is -4.53. The average Bonchev–Trinajstić information content (AvgIpc) is 2.60. The van der Waals surface area contributed by atoms with Crippen LogP contribution in [-0.4, -0.2) is 30.8 Å². The lowest BCUT2D eigenvalue weighted by molar-refractivity contribution is -0.137. The Bertz CT molecular complexity index is 859. The van der Waals surface area contributed by atoms with Crippen molar-refractivity contribution in [2.45, 2.75) is 6.18 Å². The maximum absolute atomic E-state index is 12.6. The molecule has 2 aromatic rings. The summed E-state index contributed by atoms with van der Waals surface area (Å²) in [5.41, 5.74) is 7.09. The second-order valence-corrected chi connectivity index (χ2v) is 5.49. The molecular formula is C16H14ClF3N4O3. The van der Waals surface area contributed by atoms with E-state index in [4.69, 9.17) is 26.8 Å². The first-order chi connectivity index (χ1) is 12.7. The van der Waals surface area contributed by atoms with Crippen molar-refractivity contribution in [1.82, 2.24) is 4.98 Å². The number of alkyl halides is 3. The van der Waals surface area contributed by atoms with Crippen molar-refractivity contribution in [1.29, 1.82) is 0 Å². The lowest BCUT2D eigenvalue weighted by Crippen LogP contribution is -2.20. The largest absolute Gasteiger partial charge is 0.493 e. The summed E-state index contributed by atoms with van der Waals surface area (Å²) in [5, 5.41) is 3.64. The number of anilines is 1. The number of nitrogens with zero attached hydrogens (tertiary/aromatic N) is 2. The van der Waals surface area contributed by atoms with Gasteiger partial charge in [0.2, 0.25) is 0 Å². The zero-order chi connectivity index (χ0) is 20.0. The van der Waals surface area contributed by atoms with Gasteiger partial charge >= 0.3 is 6.18 Å². The smallest absolute Gasteiger partial charge is 0.417 e. The number of nitrogens with one attached hydrogen (secondary N) is 1. The Balaban J connectivity index is 2.09. The summed E-state index contributed by atoms with van der Waals surface area (Å²) >= 11 is 5.77. The van der Waals surface area contributed by atoms with Crippen LogP contribution in [0.3, 0.4) is 0 Å². The van der Waals surface area contributed by atoms with Crippen LogP contribution in [0.15, 0.2) is 35.6 Å². The number of methoxy groups -OCH3 is 1. The number of nitrogens with two attached hydrogens (primary N) is 1. The fourth-order valence-electron chi connectivity index (χ4n) is 1.88. The number of carbonyl (C=O) groups is 1. The molecule has 7 nitrogen and oxygen atoms in total. The molecule has 1 aromatic heterocycles. The zero-order valence-corrected chi connectivity index (χ0v) is 14.6. The maximum Gasteiger partial charge on any atom is 0.417 e. The SMILES string of the molecule is COc1cc(/C=N\Nc2ncc(C(F)(F)F)cc2Cl)ccc1OCC(N)=O. The molecule has 2 rings (SSSR count). The number of pyridine rings is 1. The molecule has 0 saturated heterocycles. The van der Waals surface area contributed by atoms with Crippen LogP contribution < -0.4 is 20.6 Å². The molecule has 0 radical (unpaired) electrons. The Morgan fingerprint density at radius 3 is 2.70 bits per heavy atom. The van der Waals surface area contributed by atoms with Crippen LogP contribution >= 0.6 is 11.6 Å². The van der Waals surface area contributed by atoms with Gasteiger partial charge in [-0.2, -0.15) is 18.3 Å². The lowest BCUT2D eigenvalue weighted by atomic mass is 10.2. The van der Waals surface area contributed by atoms with E-state index in [2.05, 4.69) is 15.5 Å². The summed E-state index contributed by atoms with van der Waals surface area (Å²) in [7, 11) is 1.41. The van der Waals surface area contributed by atoms with Crippen LogP contribution in [-0.2, 0) is 11.0 Å². The fourth-order valence-corrected chi connectivity index (χ4v) is 2.08. The van der Waals surface area contributed by atoms with Crippen LogP contribution in [0.1, 0.15) is 11.1 Å². The van der Waals surface area contributed by atoms with Crippen molar-refractivity contribution in [3.8, 4) is 11.5 Å². The average molecular weight is 403 g/mol. The first kappa shape index (κ1) is 20.3. The van der Waals surface area contributed by atoms with Gasteiger partial charge in [0, 0.05) is 6.20 Å². The third-order valence-electron chi connectivity index (χ3n) is 3.11. The van der Waals surface area contributed by atoms with Gasteiger partial charge in [0.05, 0.1) is 23.9 Å². The number of carbonyl (C=O) groups excluding carboxylic acids is 1. The molecule has 1 heterocycles. The van der Waals surface area contributed by atoms with E-state index >= 15 is 0 Å². The summed E-state index contributed by atoms with van der Waals surface area (Å²) in [5.74, 6) is -0.0122. The summed E-state index contributed by atoms with van der Waals surface area (Å²) in [6.45, 7) is -0.302. The minimum Gasteiger partial charge on any atom is -0.493 e. The molecule has 27 heavy (non-hydrogen) atoms. The Morgan fingerprint density at radius 1 is 1.37 bits per heavy atom.